The van der Waals surface area contributed by atoms with Crippen LogP contribution in [0.15, 0.2) is 91.0 Å². The fourth-order valence-electron chi connectivity index (χ4n) is 10.4. The summed E-state index contributed by atoms with van der Waals surface area (Å²) in [6.07, 6.45) is 6.60. The third-order valence-corrected chi connectivity index (χ3v) is 15.0. The summed E-state index contributed by atoms with van der Waals surface area (Å²) in [7, 11) is 1.81. The van der Waals surface area contributed by atoms with Crippen molar-refractivity contribution in [1.29, 1.82) is 0 Å². The van der Waals surface area contributed by atoms with Gasteiger partial charge in [-0.1, -0.05) is 53.8 Å². The van der Waals surface area contributed by atoms with Gasteiger partial charge in [-0.15, -0.1) is 0 Å². The Balaban J connectivity index is 0.707. The summed E-state index contributed by atoms with van der Waals surface area (Å²) in [6.45, 7) is 6.55. The van der Waals surface area contributed by atoms with E-state index in [1.807, 2.05) is 80.7 Å². The van der Waals surface area contributed by atoms with E-state index in [4.69, 9.17) is 14.7 Å². The molecule has 0 aliphatic carbocycles. The molecule has 3 amide bonds. The van der Waals surface area contributed by atoms with Crippen LogP contribution in [0.1, 0.15) is 89.3 Å². The van der Waals surface area contributed by atoms with Gasteiger partial charge in [0.15, 0.2) is 10.8 Å². The van der Waals surface area contributed by atoms with Crippen LogP contribution in [0, 0.1) is 12.8 Å². The molecule has 0 saturated carbocycles. The standard InChI is InChI=1S/C54H57N9O6S/c1-33-38(39-20-22-47(58-51(39)53(67)68)63-26-24-35-12-7-13-36(42(35)31-63)29-55-54-57-43-15-3-4-17-46(43)70-54)14-8-16-45(33)69-27-6-5-10-34-11-9-25-62(30-34)32-49(65)56-37-18-19-40-44(28-37)61(2)60-50(40)41-21-23-48(64)59-52(41)66/h3-4,7-8,12-20,22,28,34,41H,5-6,9-11,21,23-27,29-32H2,1-2H3,(H,55,57)(H,56,65)(H,67,68)(H,59,64,66)/t34-,41?/m0/s1. The molecule has 10 rings (SSSR count). The fraction of sp³-hybridized carbons (Fsp3) is 0.352. The number of hydrogen-bond donors (Lipinski definition) is 4. The van der Waals surface area contributed by atoms with E-state index in [0.29, 0.717) is 61.3 Å². The normalized spacial score (nSPS) is 17.4. The van der Waals surface area contributed by atoms with Gasteiger partial charge in [0, 0.05) is 56.3 Å². The van der Waals surface area contributed by atoms with E-state index >= 15 is 0 Å². The third kappa shape index (κ3) is 10.1. The highest BCUT2D eigenvalue weighted by molar-refractivity contribution is 7.22. The summed E-state index contributed by atoms with van der Waals surface area (Å²) >= 11 is 1.64. The number of ether oxygens (including phenoxy) is 1. The van der Waals surface area contributed by atoms with E-state index in [1.54, 1.807) is 16.0 Å². The quantitative estimate of drug-likeness (QED) is 0.0534. The van der Waals surface area contributed by atoms with E-state index in [0.717, 1.165) is 101 Å². The Morgan fingerprint density at radius 1 is 0.929 bits per heavy atom. The Bertz CT molecular complexity index is 3100. The smallest absolute Gasteiger partial charge is 0.355 e. The molecule has 7 aromatic rings. The van der Waals surface area contributed by atoms with Gasteiger partial charge in [-0.3, -0.25) is 29.3 Å². The number of likely N-dealkylation sites (tertiary alicyclic amines) is 1. The monoisotopic (exact) mass is 959 g/mol. The molecule has 3 aliphatic rings. The minimum Gasteiger partial charge on any atom is -0.493 e. The summed E-state index contributed by atoms with van der Waals surface area (Å²) < 4.78 is 9.20. The SMILES string of the molecule is Cc1c(OCCCC[C@H]2CCCN(CC(=O)Nc3ccc4c(C5CCC(=O)NC5=O)nn(C)c4c3)C2)cccc1-c1ccc(N2CCc3cccc(CNc4nc5ccccc5s4)c3C2)nc1C(=O)O. The Labute approximate surface area is 410 Å². The number of fused-ring (bicyclic) bond motifs is 3. The first-order valence-corrected chi connectivity index (χ1v) is 25.1. The molecule has 15 nitrogen and oxygen atoms in total. The van der Waals surface area contributed by atoms with Gasteiger partial charge in [0.05, 0.1) is 40.5 Å². The molecule has 4 N–H and O–H groups in total. The molecule has 2 atom stereocenters. The number of nitrogens with one attached hydrogen (secondary N) is 3. The summed E-state index contributed by atoms with van der Waals surface area (Å²) in [4.78, 5) is 64.3. The topological polar surface area (TPSA) is 184 Å². The number of aromatic nitrogens is 4. The Hall–Kier alpha value is -7.17. The van der Waals surface area contributed by atoms with Crippen molar-refractivity contribution >= 4 is 72.8 Å². The number of pyridine rings is 1. The number of imide groups is 1. The molecule has 3 aromatic heterocycles. The van der Waals surface area contributed by atoms with E-state index in [1.165, 1.54) is 16.7 Å². The van der Waals surface area contributed by atoms with Gasteiger partial charge in [-0.05, 0) is 141 Å². The van der Waals surface area contributed by atoms with Gasteiger partial charge in [0.1, 0.15) is 11.6 Å². The number of para-hydroxylation sites is 1. The van der Waals surface area contributed by atoms with Crippen molar-refractivity contribution in [3.05, 3.63) is 125 Å². The molecule has 6 heterocycles. The molecular formula is C54H57N9O6S. The first kappa shape index (κ1) is 46.6. The van der Waals surface area contributed by atoms with Crippen LogP contribution in [0.4, 0.5) is 16.6 Å². The van der Waals surface area contributed by atoms with Gasteiger partial charge < -0.3 is 25.4 Å². The molecule has 0 bridgehead atoms. The molecule has 2 saturated heterocycles. The second-order valence-electron chi connectivity index (χ2n) is 18.7. The lowest BCUT2D eigenvalue weighted by Crippen LogP contribution is -2.40. The number of amides is 3. The predicted octanol–water partition coefficient (Wildman–Crippen LogP) is 8.85. The zero-order valence-electron chi connectivity index (χ0n) is 39.5. The number of thiazole rings is 1. The van der Waals surface area contributed by atoms with E-state index in [-0.39, 0.29) is 29.8 Å². The van der Waals surface area contributed by atoms with Crippen molar-refractivity contribution in [2.24, 2.45) is 13.0 Å². The van der Waals surface area contributed by atoms with Crippen LogP contribution in [-0.4, -0.2) is 86.2 Å². The highest BCUT2D eigenvalue weighted by atomic mass is 32.1. The third-order valence-electron chi connectivity index (χ3n) is 14.0. The molecule has 3 aliphatic heterocycles. The molecule has 4 aromatic carbocycles. The van der Waals surface area contributed by atoms with Crippen molar-refractivity contribution in [3.8, 4) is 16.9 Å². The minimum absolute atomic E-state index is 0.0154. The predicted molar refractivity (Wildman–Crippen MR) is 272 cm³/mol. The number of aromatic carboxylic acids is 1. The first-order chi connectivity index (χ1) is 34.0. The van der Waals surface area contributed by atoms with Crippen LogP contribution in [0.25, 0.3) is 32.2 Å². The van der Waals surface area contributed by atoms with Crippen LogP contribution in [0.3, 0.4) is 0 Å². The maximum Gasteiger partial charge on any atom is 0.355 e. The number of benzene rings is 4. The summed E-state index contributed by atoms with van der Waals surface area (Å²) in [5.41, 5.74) is 9.04. The molecule has 2 fully saturated rings. The lowest BCUT2D eigenvalue weighted by atomic mass is 9.92. The van der Waals surface area contributed by atoms with Crippen molar-refractivity contribution in [2.45, 2.75) is 77.3 Å². The van der Waals surface area contributed by atoms with Crippen molar-refractivity contribution in [1.82, 2.24) is 30.0 Å². The number of unbranched alkanes of at least 4 members (excludes halogenated alkanes) is 1. The Morgan fingerprint density at radius 2 is 1.80 bits per heavy atom. The molecule has 1 unspecified atom stereocenters. The maximum absolute atomic E-state index is 13.2. The summed E-state index contributed by atoms with van der Waals surface area (Å²) in [5, 5.41) is 25.8. The number of piperidine rings is 2. The van der Waals surface area contributed by atoms with Gasteiger partial charge in [0.2, 0.25) is 17.7 Å². The Kier molecular flexibility index (Phi) is 13.6. The highest BCUT2D eigenvalue weighted by Crippen LogP contribution is 2.36. The van der Waals surface area contributed by atoms with Crippen LogP contribution in [0.5, 0.6) is 5.75 Å². The first-order valence-electron chi connectivity index (χ1n) is 24.3. The van der Waals surface area contributed by atoms with E-state index in [2.05, 4.69) is 55.1 Å². The molecule has 0 spiro atoms. The van der Waals surface area contributed by atoms with E-state index < -0.39 is 11.9 Å². The van der Waals surface area contributed by atoms with Gasteiger partial charge >= 0.3 is 5.97 Å². The number of anilines is 3. The Morgan fingerprint density at radius 3 is 2.66 bits per heavy atom. The molecule has 0 radical (unpaired) electrons. The summed E-state index contributed by atoms with van der Waals surface area (Å²) in [6, 6.07) is 29.8. The number of nitrogens with zero attached hydrogens (tertiary/aromatic N) is 6. The zero-order chi connectivity index (χ0) is 48.3. The highest BCUT2D eigenvalue weighted by Gasteiger charge is 2.32. The van der Waals surface area contributed by atoms with Crippen molar-refractivity contribution in [3.63, 3.8) is 0 Å². The number of carboxylic acid groups (broad SMARTS) is 1. The maximum atomic E-state index is 13.2. The average molecular weight is 960 g/mol. The molecule has 360 valence electrons. The second-order valence-corrected chi connectivity index (χ2v) is 19.8. The van der Waals surface area contributed by atoms with E-state index in [9.17, 15) is 24.3 Å². The lowest BCUT2D eigenvalue weighted by Gasteiger charge is -2.32. The second kappa shape index (κ2) is 20.4. The largest absolute Gasteiger partial charge is 0.493 e. The van der Waals surface area contributed by atoms with Crippen molar-refractivity contribution < 1.29 is 29.0 Å². The summed E-state index contributed by atoms with van der Waals surface area (Å²) in [5.74, 6) is -0.369. The minimum atomic E-state index is -1.08. The number of hydrogen-bond acceptors (Lipinski definition) is 12. The lowest BCUT2D eigenvalue weighted by molar-refractivity contribution is -0.134. The van der Waals surface area contributed by atoms with Crippen molar-refractivity contribution in [2.75, 3.05) is 48.3 Å². The van der Waals surface area contributed by atoms with Gasteiger partial charge in [-0.25, -0.2) is 14.8 Å². The number of aryl methyl sites for hydroxylation is 1. The average Bonchev–Trinajstić information content (AvgIpc) is 3.93. The molecular weight excluding hydrogens is 903 g/mol. The van der Waals surface area contributed by atoms with Gasteiger partial charge in [-0.2, -0.15) is 5.10 Å². The van der Waals surface area contributed by atoms with Crippen LogP contribution >= 0.6 is 11.3 Å². The number of carboxylic acids is 1. The number of rotatable bonds is 16. The van der Waals surface area contributed by atoms with Crippen LogP contribution in [0.2, 0.25) is 0 Å². The van der Waals surface area contributed by atoms with Crippen LogP contribution < -0.4 is 25.6 Å². The fourth-order valence-corrected chi connectivity index (χ4v) is 11.3. The van der Waals surface area contributed by atoms with Gasteiger partial charge in [0.25, 0.3) is 0 Å². The number of carbonyl (C=O) groups is 4. The number of carbonyl (C=O) groups excluding carboxylic acids is 3. The van der Waals surface area contributed by atoms with Crippen LogP contribution in [-0.2, 0) is 40.9 Å². The molecule has 16 heteroatoms. The molecule has 70 heavy (non-hydrogen) atoms. The zero-order valence-corrected chi connectivity index (χ0v) is 40.3.